The van der Waals surface area contributed by atoms with Gasteiger partial charge in [0.15, 0.2) is 11.2 Å². The van der Waals surface area contributed by atoms with Crippen molar-refractivity contribution in [3.8, 4) is 18.1 Å². The van der Waals surface area contributed by atoms with E-state index in [1.54, 1.807) is 0 Å². The van der Waals surface area contributed by atoms with Gasteiger partial charge in [0, 0.05) is 28.9 Å². The number of aryl methyl sites for hydroxylation is 2. The number of benzene rings is 1. The molecule has 0 spiro atoms. The minimum Gasteiger partial charge on any atom is -0.473 e. The first-order valence-corrected chi connectivity index (χ1v) is 6.82. The molecule has 0 aliphatic carbocycles. The third-order valence-corrected chi connectivity index (χ3v) is 3.66. The number of hydrogen-bond acceptors (Lipinski definition) is 5. The van der Waals surface area contributed by atoms with Crippen LogP contribution in [0.25, 0.3) is 21.9 Å². The Kier molecular flexibility index (Phi) is 3.39. The summed E-state index contributed by atoms with van der Waals surface area (Å²) in [6.07, 6.45) is 5.27. The van der Waals surface area contributed by atoms with Crippen molar-refractivity contribution in [3.63, 3.8) is 0 Å². The Balaban J connectivity index is 2.50. The van der Waals surface area contributed by atoms with Gasteiger partial charge in [-0.2, -0.15) is 0 Å². The fourth-order valence-electron chi connectivity index (χ4n) is 2.63. The van der Waals surface area contributed by atoms with Gasteiger partial charge in [0.25, 0.3) is 0 Å². The van der Waals surface area contributed by atoms with Gasteiger partial charge < -0.3 is 19.3 Å². The van der Waals surface area contributed by atoms with E-state index in [9.17, 15) is 4.79 Å². The molecule has 0 amide bonds. The lowest BCUT2D eigenvalue weighted by Gasteiger charge is -2.08. The van der Waals surface area contributed by atoms with Gasteiger partial charge in [-0.25, -0.2) is 4.79 Å². The third-order valence-electron chi connectivity index (χ3n) is 3.66. The highest BCUT2D eigenvalue weighted by atomic mass is 16.5. The molecule has 0 unspecified atom stereocenters. The number of fused-ring (bicyclic) bond motifs is 2. The maximum atomic E-state index is 11.7. The van der Waals surface area contributed by atoms with Crippen LogP contribution in [-0.2, 0) is 6.54 Å². The van der Waals surface area contributed by atoms with Gasteiger partial charge in [0.05, 0.1) is 0 Å². The molecule has 0 bridgehead atoms. The van der Waals surface area contributed by atoms with Crippen LogP contribution in [0.15, 0.2) is 25.8 Å². The van der Waals surface area contributed by atoms with E-state index in [0.717, 1.165) is 21.9 Å². The smallest absolute Gasteiger partial charge is 0.336 e. The molecule has 2 N–H and O–H groups in total. The number of rotatable bonds is 3. The molecular weight excluding hydrogens is 282 g/mol. The van der Waals surface area contributed by atoms with Crippen molar-refractivity contribution in [1.29, 1.82) is 0 Å². The zero-order valence-corrected chi connectivity index (χ0v) is 12.4. The van der Waals surface area contributed by atoms with Crippen LogP contribution in [0.5, 0.6) is 5.75 Å². The van der Waals surface area contributed by atoms with Crippen molar-refractivity contribution in [2.24, 2.45) is 5.73 Å². The summed E-state index contributed by atoms with van der Waals surface area (Å²) >= 11 is 0. The first-order valence-electron chi connectivity index (χ1n) is 6.82. The SMILES string of the molecule is C#CCOc1c2oc(=O)cc(C)c2cc2c(CN)c(C)oc12. The lowest BCUT2D eigenvalue weighted by atomic mass is 10.0. The topological polar surface area (TPSA) is 78.6 Å². The number of hydrogen-bond donors (Lipinski definition) is 1. The highest BCUT2D eigenvalue weighted by Crippen LogP contribution is 2.39. The molecular formula is C17H15NO4. The lowest BCUT2D eigenvalue weighted by molar-refractivity contribution is 0.362. The van der Waals surface area contributed by atoms with E-state index in [2.05, 4.69) is 5.92 Å². The highest BCUT2D eigenvalue weighted by molar-refractivity contribution is 6.02. The molecule has 0 atom stereocenters. The maximum absolute atomic E-state index is 11.7. The van der Waals surface area contributed by atoms with Crippen molar-refractivity contribution in [1.82, 2.24) is 0 Å². The molecule has 0 radical (unpaired) electrons. The highest BCUT2D eigenvalue weighted by Gasteiger charge is 2.20. The molecule has 0 saturated carbocycles. The van der Waals surface area contributed by atoms with E-state index in [4.69, 9.17) is 25.7 Å². The second-order valence-corrected chi connectivity index (χ2v) is 5.04. The average Bonchev–Trinajstić information content (AvgIpc) is 2.79. The van der Waals surface area contributed by atoms with E-state index < -0.39 is 5.63 Å². The number of furan rings is 1. The van der Waals surface area contributed by atoms with Crippen LogP contribution in [-0.4, -0.2) is 6.61 Å². The average molecular weight is 297 g/mol. The van der Waals surface area contributed by atoms with E-state index in [0.29, 0.717) is 29.2 Å². The van der Waals surface area contributed by atoms with Crippen molar-refractivity contribution >= 4 is 21.9 Å². The summed E-state index contributed by atoms with van der Waals surface area (Å²) in [7, 11) is 0. The summed E-state index contributed by atoms with van der Waals surface area (Å²) in [6.45, 7) is 4.06. The molecule has 0 aliphatic heterocycles. The Bertz CT molecular complexity index is 972. The zero-order chi connectivity index (χ0) is 15.9. The van der Waals surface area contributed by atoms with Gasteiger partial charge in [-0.1, -0.05) is 5.92 Å². The molecule has 112 valence electrons. The van der Waals surface area contributed by atoms with Crippen LogP contribution in [0, 0.1) is 26.2 Å². The maximum Gasteiger partial charge on any atom is 0.336 e. The first kappa shape index (κ1) is 14.2. The van der Waals surface area contributed by atoms with Gasteiger partial charge in [-0.15, -0.1) is 6.42 Å². The van der Waals surface area contributed by atoms with Gasteiger partial charge >= 0.3 is 5.63 Å². The van der Waals surface area contributed by atoms with Crippen molar-refractivity contribution in [3.05, 3.63) is 39.4 Å². The van der Waals surface area contributed by atoms with E-state index in [-0.39, 0.29) is 6.61 Å². The molecule has 3 rings (SSSR count). The molecule has 0 fully saturated rings. The summed E-state index contributed by atoms with van der Waals surface area (Å²) in [6, 6.07) is 3.35. The molecule has 0 aliphatic rings. The Morgan fingerprint density at radius 2 is 1.95 bits per heavy atom. The lowest BCUT2D eigenvalue weighted by Crippen LogP contribution is -2.02. The molecule has 22 heavy (non-hydrogen) atoms. The summed E-state index contributed by atoms with van der Waals surface area (Å²) < 4.78 is 16.7. The Morgan fingerprint density at radius 1 is 1.23 bits per heavy atom. The number of terminal acetylenes is 1. The Labute approximate surface area is 126 Å². The predicted octanol–water partition coefficient (Wildman–Crippen LogP) is 2.63. The number of ether oxygens (including phenoxy) is 1. The third kappa shape index (κ3) is 2.05. The van der Waals surface area contributed by atoms with Crippen LogP contribution in [0.3, 0.4) is 0 Å². The van der Waals surface area contributed by atoms with Crippen LogP contribution < -0.4 is 16.1 Å². The molecule has 5 nitrogen and oxygen atoms in total. The van der Waals surface area contributed by atoms with Crippen molar-refractivity contribution < 1.29 is 13.6 Å². The van der Waals surface area contributed by atoms with E-state index in [1.807, 2.05) is 19.9 Å². The molecule has 2 heterocycles. The van der Waals surface area contributed by atoms with Crippen LogP contribution in [0.1, 0.15) is 16.9 Å². The molecule has 1 aromatic carbocycles. The minimum atomic E-state index is -0.447. The van der Waals surface area contributed by atoms with Crippen LogP contribution >= 0.6 is 0 Å². The van der Waals surface area contributed by atoms with E-state index in [1.165, 1.54) is 6.07 Å². The summed E-state index contributed by atoms with van der Waals surface area (Å²) in [5.74, 6) is 3.45. The monoisotopic (exact) mass is 297 g/mol. The van der Waals surface area contributed by atoms with Gasteiger partial charge in [-0.05, 0) is 25.5 Å². The van der Waals surface area contributed by atoms with Gasteiger partial charge in [-0.3, -0.25) is 0 Å². The molecule has 2 aromatic heterocycles. The second kappa shape index (κ2) is 5.24. The summed E-state index contributed by atoms with van der Waals surface area (Å²) in [5, 5.41) is 1.62. The second-order valence-electron chi connectivity index (χ2n) is 5.04. The normalized spacial score (nSPS) is 11.0. The summed E-state index contributed by atoms with van der Waals surface area (Å²) in [4.78, 5) is 11.7. The number of nitrogens with two attached hydrogens (primary N) is 1. The Hall–Kier alpha value is -2.71. The van der Waals surface area contributed by atoms with Crippen LogP contribution in [0.2, 0.25) is 0 Å². The molecule has 5 heteroatoms. The largest absolute Gasteiger partial charge is 0.473 e. The van der Waals surface area contributed by atoms with Gasteiger partial charge in [0.2, 0.25) is 5.75 Å². The fraction of sp³-hybridized carbons (Fsp3) is 0.235. The minimum absolute atomic E-state index is 0.0452. The molecule has 3 aromatic rings. The van der Waals surface area contributed by atoms with Crippen LogP contribution in [0.4, 0.5) is 0 Å². The van der Waals surface area contributed by atoms with Gasteiger partial charge in [0.1, 0.15) is 12.4 Å². The quantitative estimate of drug-likeness (QED) is 0.594. The fourth-order valence-corrected chi connectivity index (χ4v) is 2.63. The Morgan fingerprint density at radius 3 is 2.64 bits per heavy atom. The molecule has 0 saturated heterocycles. The van der Waals surface area contributed by atoms with Crippen molar-refractivity contribution in [2.45, 2.75) is 20.4 Å². The summed E-state index contributed by atoms with van der Waals surface area (Å²) in [5.41, 5.74) is 7.89. The first-order chi connectivity index (χ1) is 10.6. The standard InChI is InChI=1S/C17H15NO4/c1-4-5-20-17-15-11(9(2)6-14(19)22-15)7-12-13(8-18)10(3)21-16(12)17/h1,6-7H,5,8,18H2,2-3H3. The predicted molar refractivity (Wildman–Crippen MR) is 83.9 cm³/mol. The van der Waals surface area contributed by atoms with Crippen molar-refractivity contribution in [2.75, 3.05) is 6.61 Å². The van der Waals surface area contributed by atoms with E-state index >= 15 is 0 Å². The zero-order valence-electron chi connectivity index (χ0n) is 12.4.